The summed E-state index contributed by atoms with van der Waals surface area (Å²) in [6.07, 6.45) is 10.8. The number of aryl methyl sites for hydroxylation is 1. The zero-order valence-corrected chi connectivity index (χ0v) is 44.8. The monoisotopic (exact) mass is 1060 g/mol. The molecular weight excluding hydrogens is 981 g/mol. The lowest BCUT2D eigenvalue weighted by Gasteiger charge is -2.62. The molecule has 3 saturated carbocycles. The third-order valence-electron chi connectivity index (χ3n) is 18.6. The van der Waals surface area contributed by atoms with Crippen LogP contribution in [0.4, 0.5) is 10.5 Å². The Bertz CT molecular complexity index is 2730. The van der Waals surface area contributed by atoms with Crippen LogP contribution in [-0.4, -0.2) is 106 Å². The van der Waals surface area contributed by atoms with E-state index in [2.05, 4.69) is 66.2 Å². The molecule has 12 atom stereocenters. The number of benzene rings is 3. The van der Waals surface area contributed by atoms with Crippen LogP contribution in [0.5, 0.6) is 0 Å². The molecule has 16 nitrogen and oxygen atoms in total. The lowest BCUT2D eigenvalue weighted by molar-refractivity contribution is -0.384. The van der Waals surface area contributed by atoms with Crippen LogP contribution in [0.2, 0.25) is 0 Å². The number of unbranched alkanes of at least 4 members (excludes halogenated alkanes) is 1. The Balaban J connectivity index is 0.777. The molecule has 0 radical (unpaired) electrons. The minimum atomic E-state index is -1.50. The summed E-state index contributed by atoms with van der Waals surface area (Å²) < 4.78 is 18.1. The third-order valence-corrected chi connectivity index (χ3v) is 18.6. The van der Waals surface area contributed by atoms with Gasteiger partial charge < -0.3 is 45.5 Å². The lowest BCUT2D eigenvalue weighted by Crippen LogP contribution is -2.62. The number of fused-ring (bicyclic) bond motifs is 8. The van der Waals surface area contributed by atoms with Crippen molar-refractivity contribution in [2.45, 2.75) is 159 Å². The van der Waals surface area contributed by atoms with Crippen LogP contribution in [0.1, 0.15) is 127 Å². The van der Waals surface area contributed by atoms with Crippen molar-refractivity contribution >= 4 is 29.4 Å². The molecule has 4 fully saturated rings. The minimum Gasteiger partial charge on any atom is -0.449 e. The van der Waals surface area contributed by atoms with Crippen molar-refractivity contribution < 1.29 is 53.6 Å². The number of allylic oxidation sites excluding steroid dienone is 5. The molecule has 1 heterocycles. The van der Waals surface area contributed by atoms with Gasteiger partial charge in [-0.25, -0.2) is 4.79 Å². The van der Waals surface area contributed by atoms with Gasteiger partial charge >= 0.3 is 6.09 Å². The highest BCUT2D eigenvalue weighted by Gasteiger charge is 2.66. The predicted octanol–water partition coefficient (Wildman–Crippen LogP) is 8.45. The summed E-state index contributed by atoms with van der Waals surface area (Å²) in [6.45, 7) is 8.42. The van der Waals surface area contributed by atoms with Gasteiger partial charge in [0.15, 0.2) is 12.1 Å². The fraction of sp³-hybridized carbons (Fsp3) is 0.541. The van der Waals surface area contributed by atoms with Crippen LogP contribution < -0.4 is 16.0 Å². The molecule has 77 heavy (non-hydrogen) atoms. The number of nitro groups is 1. The van der Waals surface area contributed by atoms with E-state index in [4.69, 9.17) is 14.2 Å². The maximum atomic E-state index is 14.0. The summed E-state index contributed by atoms with van der Waals surface area (Å²) in [5.74, 6) is -0.486. The van der Waals surface area contributed by atoms with Crippen molar-refractivity contribution in [2.75, 3.05) is 19.8 Å². The maximum Gasteiger partial charge on any atom is 0.407 e. The van der Waals surface area contributed by atoms with Crippen molar-refractivity contribution in [1.29, 1.82) is 0 Å². The van der Waals surface area contributed by atoms with Gasteiger partial charge in [-0.1, -0.05) is 98.3 Å². The molecule has 6 aliphatic rings. The topological polar surface area (TPSA) is 236 Å². The van der Waals surface area contributed by atoms with Crippen LogP contribution >= 0.6 is 0 Å². The van der Waals surface area contributed by atoms with E-state index in [0.717, 1.165) is 72.8 Å². The van der Waals surface area contributed by atoms with E-state index in [-0.39, 0.29) is 85.2 Å². The van der Waals surface area contributed by atoms with E-state index in [9.17, 15) is 44.6 Å². The Labute approximate surface area is 451 Å². The average molecular weight is 1060 g/mol. The first-order chi connectivity index (χ1) is 36.9. The minimum absolute atomic E-state index is 0.00270. The van der Waals surface area contributed by atoms with Crippen LogP contribution in [0, 0.1) is 38.7 Å². The Kier molecular flexibility index (Phi) is 17.0. The standard InChI is InChI=1S/C61H76N4O12/c1-5-39(21-17-37(2)66)48-29-32-61(72)50-25-22-40-34-42(27-30-59(40,3)49(50)28-31-60(48,61)4)77-57-55(69)54(68)52(36-75-57)64-56(70)51(63-53(67)26-20-38-18-23-41(24-19-38)65(73)74)16-10-11-33-62-58(71)76-35-47-45-14-8-6-12-43(45)44-13-7-9-15-46(44)47/h5-9,12-15,17-19,21,23-24,34,42,47-52,54-55,57,68-69,72H,10-11,16,20,22,25-33,35-36H2,1-4H3,(H,62,71)(H,63,67)(H,64,70)/b21-17-,39-5+/t42-,48+,49?,50?,51-,52-,54?,55?,57+,59-,60+,61-/m0/s1. The van der Waals surface area contributed by atoms with Crippen molar-refractivity contribution in [3.63, 3.8) is 0 Å². The quantitative estimate of drug-likeness (QED) is 0.0166. The van der Waals surface area contributed by atoms with Crippen molar-refractivity contribution in [3.05, 3.63) is 135 Å². The molecule has 3 amide bonds. The van der Waals surface area contributed by atoms with Gasteiger partial charge in [0.1, 0.15) is 24.9 Å². The molecule has 1 saturated heterocycles. The number of aliphatic hydroxyl groups is 3. The summed E-state index contributed by atoms with van der Waals surface area (Å²) in [4.78, 5) is 62.7. The summed E-state index contributed by atoms with van der Waals surface area (Å²) in [7, 11) is 0. The van der Waals surface area contributed by atoms with Gasteiger partial charge in [0.25, 0.3) is 5.69 Å². The molecule has 1 aliphatic heterocycles. The highest BCUT2D eigenvalue weighted by molar-refractivity contribution is 5.88. The number of aliphatic hydroxyl groups excluding tert-OH is 2. The number of carbonyl (C=O) groups excluding carboxylic acids is 4. The van der Waals surface area contributed by atoms with Crippen molar-refractivity contribution in [1.82, 2.24) is 16.0 Å². The normalized spacial score (nSPS) is 30.9. The molecule has 0 aromatic heterocycles. The number of nitrogens with zero attached hydrogens (tertiary/aromatic N) is 1. The van der Waals surface area contributed by atoms with Crippen LogP contribution in [0.15, 0.2) is 108 Å². The maximum absolute atomic E-state index is 14.0. The van der Waals surface area contributed by atoms with E-state index < -0.39 is 59.0 Å². The number of rotatable bonds is 19. The smallest absolute Gasteiger partial charge is 0.407 e. The first kappa shape index (κ1) is 55.7. The molecule has 9 rings (SSSR count). The van der Waals surface area contributed by atoms with E-state index in [1.165, 1.54) is 17.7 Å². The number of ketones is 1. The van der Waals surface area contributed by atoms with E-state index >= 15 is 0 Å². The zero-order valence-electron chi connectivity index (χ0n) is 44.8. The predicted molar refractivity (Wildman–Crippen MR) is 289 cm³/mol. The second-order valence-electron chi connectivity index (χ2n) is 22.9. The summed E-state index contributed by atoms with van der Waals surface area (Å²) in [5.41, 5.74) is 6.27. The molecule has 5 aliphatic carbocycles. The van der Waals surface area contributed by atoms with Gasteiger partial charge in [-0.2, -0.15) is 0 Å². The van der Waals surface area contributed by atoms with E-state index in [1.807, 2.05) is 37.3 Å². The first-order valence-corrected chi connectivity index (χ1v) is 27.8. The van der Waals surface area contributed by atoms with Gasteiger partial charge in [-0.15, -0.1) is 0 Å². The van der Waals surface area contributed by atoms with E-state index in [0.29, 0.717) is 30.7 Å². The van der Waals surface area contributed by atoms with Crippen LogP contribution in [-0.2, 0) is 35.0 Å². The molecule has 6 N–H and O–H groups in total. The molecule has 3 aromatic carbocycles. The Morgan fingerprint density at radius 2 is 1.60 bits per heavy atom. The fourth-order valence-corrected chi connectivity index (χ4v) is 14.3. The van der Waals surface area contributed by atoms with Gasteiger partial charge in [0, 0.05) is 36.4 Å². The SMILES string of the molecule is C/C=C(\C=C/C(C)=O)[C@H]1CC[C@]2(O)C3CCC4=C[C@@H](O[C@H]5OC[C@H](NC(=O)[C@H](CCCCNC(=O)OCC6c7ccccc7-c7ccccc76)NC(=O)CCc6ccc([N+](=O)[O-])cc6)C(O)C5O)CC[C@]4(C)C3CC[C@]12C. The van der Waals surface area contributed by atoms with Crippen LogP contribution in [0.3, 0.4) is 0 Å². The molecule has 0 bridgehead atoms. The number of amides is 3. The Morgan fingerprint density at radius 3 is 2.29 bits per heavy atom. The van der Waals surface area contributed by atoms with Gasteiger partial charge in [-0.05, 0) is 154 Å². The Hall–Kier alpha value is -6.04. The van der Waals surface area contributed by atoms with Gasteiger partial charge in [-0.3, -0.25) is 24.5 Å². The number of ether oxygens (including phenoxy) is 3. The number of nitro benzene ring substituents is 1. The van der Waals surface area contributed by atoms with E-state index in [1.54, 1.807) is 25.1 Å². The number of nitrogens with one attached hydrogen (secondary N) is 3. The van der Waals surface area contributed by atoms with Gasteiger partial charge in [0.2, 0.25) is 11.8 Å². The Morgan fingerprint density at radius 1 is 0.883 bits per heavy atom. The molecule has 3 aromatic rings. The fourth-order valence-electron chi connectivity index (χ4n) is 14.3. The van der Waals surface area contributed by atoms with Crippen molar-refractivity contribution in [3.8, 4) is 11.1 Å². The molecular formula is C61H76N4O12. The summed E-state index contributed by atoms with van der Waals surface area (Å²) in [6, 6.07) is 20.0. The van der Waals surface area contributed by atoms with Gasteiger partial charge in [0.05, 0.1) is 29.3 Å². The highest BCUT2D eigenvalue weighted by Crippen LogP contribution is 2.69. The van der Waals surface area contributed by atoms with Crippen LogP contribution in [0.25, 0.3) is 11.1 Å². The average Bonchev–Trinajstić information content (AvgIpc) is 4.01. The molecule has 16 heteroatoms. The summed E-state index contributed by atoms with van der Waals surface area (Å²) in [5, 5.41) is 55.2. The number of non-ortho nitro benzene ring substituents is 1. The number of alkyl carbamates (subject to hydrolysis) is 1. The second kappa shape index (κ2) is 23.5. The molecule has 4 unspecified atom stereocenters. The number of carbonyl (C=O) groups is 4. The van der Waals surface area contributed by atoms with Crippen molar-refractivity contribution in [2.24, 2.45) is 28.6 Å². The zero-order chi connectivity index (χ0) is 54.6. The second-order valence-corrected chi connectivity index (χ2v) is 22.9. The number of hydrogen-bond acceptors (Lipinski definition) is 12. The molecule has 0 spiro atoms. The number of hydrogen-bond donors (Lipinski definition) is 6. The molecule has 412 valence electrons. The first-order valence-electron chi connectivity index (χ1n) is 27.8. The highest BCUT2D eigenvalue weighted by atomic mass is 16.7. The summed E-state index contributed by atoms with van der Waals surface area (Å²) >= 11 is 0. The largest absolute Gasteiger partial charge is 0.449 e. The third kappa shape index (κ3) is 11.5. The lowest BCUT2D eigenvalue weighted by atomic mass is 9.45.